The van der Waals surface area contributed by atoms with Gasteiger partial charge in [-0.1, -0.05) is 12.2 Å². The fourth-order valence-electron chi connectivity index (χ4n) is 2.07. The van der Waals surface area contributed by atoms with Crippen molar-refractivity contribution in [2.75, 3.05) is 25.1 Å². The molecule has 0 aliphatic carbocycles. The van der Waals surface area contributed by atoms with E-state index in [1.165, 1.54) is 0 Å². The minimum Gasteiger partial charge on any atom is -0.389 e. The van der Waals surface area contributed by atoms with Crippen LogP contribution in [0.5, 0.6) is 0 Å². The molecular weight excluding hydrogens is 234 g/mol. The number of anilines is 1. The summed E-state index contributed by atoms with van der Waals surface area (Å²) < 4.78 is 5.61. The minimum absolute atomic E-state index is 0.293. The second-order valence-electron chi connectivity index (χ2n) is 4.25. The molecule has 1 unspecified atom stereocenters. The molecule has 0 bridgehead atoms. The highest BCUT2D eigenvalue weighted by Gasteiger charge is 2.19. The number of rotatable bonds is 4. The van der Waals surface area contributed by atoms with Gasteiger partial charge in [0, 0.05) is 26.4 Å². The lowest BCUT2D eigenvalue weighted by Crippen LogP contribution is -2.31. The molecule has 1 aromatic heterocycles. The summed E-state index contributed by atoms with van der Waals surface area (Å²) in [5, 5.41) is 0. The molecule has 2 rings (SSSR count). The van der Waals surface area contributed by atoms with Gasteiger partial charge in [-0.15, -0.1) is 0 Å². The molecule has 5 heteroatoms. The predicted octanol–water partition coefficient (Wildman–Crippen LogP) is 1.33. The van der Waals surface area contributed by atoms with E-state index in [0.29, 0.717) is 11.1 Å². The number of hydrogen-bond acceptors (Lipinski definition) is 4. The van der Waals surface area contributed by atoms with Crippen LogP contribution in [0.3, 0.4) is 0 Å². The Labute approximate surface area is 107 Å². The Hall–Kier alpha value is -1.20. The van der Waals surface area contributed by atoms with E-state index in [4.69, 9.17) is 22.7 Å². The lowest BCUT2D eigenvalue weighted by molar-refractivity contribution is 0.116. The second kappa shape index (κ2) is 5.42. The van der Waals surface area contributed by atoms with Crippen LogP contribution in [0, 0.1) is 0 Å². The van der Waals surface area contributed by atoms with Gasteiger partial charge in [0.25, 0.3) is 0 Å². The fraction of sp³-hybridized carbons (Fsp3) is 0.500. The van der Waals surface area contributed by atoms with Crippen molar-refractivity contribution in [3.05, 3.63) is 23.9 Å². The van der Waals surface area contributed by atoms with Crippen LogP contribution in [0.25, 0.3) is 0 Å². The normalized spacial score (nSPS) is 19.2. The van der Waals surface area contributed by atoms with Crippen LogP contribution >= 0.6 is 12.2 Å². The van der Waals surface area contributed by atoms with Crippen LogP contribution < -0.4 is 10.6 Å². The summed E-state index contributed by atoms with van der Waals surface area (Å²) in [5.41, 5.74) is 6.52. The van der Waals surface area contributed by atoms with Crippen LogP contribution in [0.1, 0.15) is 18.4 Å². The Morgan fingerprint density at radius 1 is 1.71 bits per heavy atom. The molecule has 1 aliphatic rings. The molecular formula is C12H17N3OS. The van der Waals surface area contributed by atoms with Crippen molar-refractivity contribution in [2.24, 2.45) is 5.73 Å². The van der Waals surface area contributed by atoms with E-state index in [0.717, 1.165) is 37.4 Å². The Bertz CT molecular complexity index is 404. The Morgan fingerprint density at radius 2 is 2.53 bits per heavy atom. The summed E-state index contributed by atoms with van der Waals surface area (Å²) in [7, 11) is 1.99. The number of nitrogens with zero attached hydrogens (tertiary/aromatic N) is 2. The molecule has 1 aliphatic heterocycles. The smallest absolute Gasteiger partial charge is 0.138 e. The quantitative estimate of drug-likeness (QED) is 0.818. The summed E-state index contributed by atoms with van der Waals surface area (Å²) in [5.74, 6) is 0.829. The van der Waals surface area contributed by atoms with Gasteiger partial charge in [-0.25, -0.2) is 4.98 Å². The van der Waals surface area contributed by atoms with Crippen molar-refractivity contribution in [3.63, 3.8) is 0 Å². The molecule has 4 nitrogen and oxygen atoms in total. The lowest BCUT2D eigenvalue weighted by atomic mass is 10.2. The molecule has 2 N–H and O–H groups in total. The summed E-state index contributed by atoms with van der Waals surface area (Å²) in [6.07, 6.45) is 4.30. The summed E-state index contributed by atoms with van der Waals surface area (Å²) in [4.78, 5) is 6.79. The monoisotopic (exact) mass is 251 g/mol. The van der Waals surface area contributed by atoms with E-state index in [1.807, 2.05) is 19.2 Å². The zero-order chi connectivity index (χ0) is 12.3. The number of aromatic nitrogens is 1. The van der Waals surface area contributed by atoms with Gasteiger partial charge in [0.2, 0.25) is 0 Å². The Morgan fingerprint density at radius 3 is 3.18 bits per heavy atom. The molecule has 0 radical (unpaired) electrons. The van der Waals surface area contributed by atoms with Gasteiger partial charge in [-0.2, -0.15) is 0 Å². The third-order valence-corrected chi connectivity index (χ3v) is 3.14. The first-order valence-electron chi connectivity index (χ1n) is 5.76. The molecule has 1 atom stereocenters. The molecule has 0 saturated carbocycles. The number of likely N-dealkylation sites (N-methyl/N-ethyl adjacent to an activating group) is 1. The van der Waals surface area contributed by atoms with Gasteiger partial charge in [0.1, 0.15) is 10.8 Å². The highest BCUT2D eigenvalue weighted by atomic mass is 32.1. The zero-order valence-corrected chi connectivity index (χ0v) is 10.7. The van der Waals surface area contributed by atoms with E-state index in [-0.39, 0.29) is 0 Å². The molecule has 2 heterocycles. The Kier molecular flexibility index (Phi) is 3.91. The molecule has 17 heavy (non-hydrogen) atoms. The van der Waals surface area contributed by atoms with E-state index in [9.17, 15) is 0 Å². The van der Waals surface area contributed by atoms with E-state index >= 15 is 0 Å². The molecule has 1 fully saturated rings. The van der Waals surface area contributed by atoms with Crippen molar-refractivity contribution in [1.29, 1.82) is 0 Å². The highest BCUT2D eigenvalue weighted by molar-refractivity contribution is 7.80. The van der Waals surface area contributed by atoms with Gasteiger partial charge < -0.3 is 15.4 Å². The minimum atomic E-state index is 0.293. The SMILES string of the molecule is CN(CC1CCCO1)c1ncccc1C(N)=S. The van der Waals surface area contributed by atoms with Crippen LogP contribution in [-0.2, 0) is 4.74 Å². The average molecular weight is 251 g/mol. The van der Waals surface area contributed by atoms with E-state index in [1.54, 1.807) is 6.20 Å². The maximum atomic E-state index is 5.69. The maximum absolute atomic E-state index is 5.69. The largest absolute Gasteiger partial charge is 0.389 e. The van der Waals surface area contributed by atoms with Crippen LogP contribution in [0.15, 0.2) is 18.3 Å². The van der Waals surface area contributed by atoms with Gasteiger partial charge >= 0.3 is 0 Å². The summed E-state index contributed by atoms with van der Waals surface area (Å²) in [6.45, 7) is 1.69. The van der Waals surface area contributed by atoms with Gasteiger partial charge in [-0.3, -0.25) is 0 Å². The average Bonchev–Trinajstić information content (AvgIpc) is 2.81. The van der Waals surface area contributed by atoms with E-state index in [2.05, 4.69) is 9.88 Å². The number of thiocarbonyl (C=S) groups is 1. The predicted molar refractivity (Wildman–Crippen MR) is 72.4 cm³/mol. The van der Waals surface area contributed by atoms with Crippen molar-refractivity contribution < 1.29 is 4.74 Å². The maximum Gasteiger partial charge on any atom is 0.138 e. The summed E-state index contributed by atoms with van der Waals surface area (Å²) >= 11 is 5.03. The van der Waals surface area contributed by atoms with Crippen LogP contribution in [-0.4, -0.2) is 36.3 Å². The van der Waals surface area contributed by atoms with Crippen molar-refractivity contribution in [2.45, 2.75) is 18.9 Å². The van der Waals surface area contributed by atoms with Crippen LogP contribution in [0.2, 0.25) is 0 Å². The van der Waals surface area contributed by atoms with Crippen LogP contribution in [0.4, 0.5) is 5.82 Å². The molecule has 1 saturated heterocycles. The van der Waals surface area contributed by atoms with Gasteiger partial charge in [0.05, 0.1) is 11.7 Å². The molecule has 0 spiro atoms. The number of hydrogen-bond donors (Lipinski definition) is 1. The van der Waals surface area contributed by atoms with Gasteiger partial charge in [-0.05, 0) is 25.0 Å². The van der Waals surface area contributed by atoms with Crippen molar-refractivity contribution >= 4 is 23.0 Å². The first kappa shape index (κ1) is 12.3. The number of pyridine rings is 1. The fourth-order valence-corrected chi connectivity index (χ4v) is 2.23. The third-order valence-electron chi connectivity index (χ3n) is 2.92. The topological polar surface area (TPSA) is 51.4 Å². The number of nitrogens with two attached hydrogens (primary N) is 1. The molecule has 92 valence electrons. The summed E-state index contributed by atoms with van der Waals surface area (Å²) in [6, 6.07) is 3.74. The first-order valence-corrected chi connectivity index (χ1v) is 6.17. The zero-order valence-electron chi connectivity index (χ0n) is 9.93. The van der Waals surface area contributed by atoms with Crippen molar-refractivity contribution in [1.82, 2.24) is 4.98 Å². The molecule has 0 aromatic carbocycles. The van der Waals surface area contributed by atoms with Gasteiger partial charge in [0.15, 0.2) is 0 Å². The standard InChI is InChI=1S/C12H17N3OS/c1-15(8-9-4-3-7-16-9)12-10(11(13)17)5-2-6-14-12/h2,5-6,9H,3-4,7-8H2,1H3,(H2,13,17). The van der Waals surface area contributed by atoms with Crippen molar-refractivity contribution in [3.8, 4) is 0 Å². The number of ether oxygens (including phenoxy) is 1. The Balaban J connectivity index is 2.12. The third kappa shape index (κ3) is 2.92. The molecule has 0 amide bonds. The highest BCUT2D eigenvalue weighted by Crippen LogP contribution is 2.19. The molecule has 1 aromatic rings. The van der Waals surface area contributed by atoms with E-state index < -0.39 is 0 Å². The lowest BCUT2D eigenvalue weighted by Gasteiger charge is -2.23. The second-order valence-corrected chi connectivity index (χ2v) is 4.69. The first-order chi connectivity index (χ1) is 8.18.